The quantitative estimate of drug-likeness (QED) is 0.301. The van der Waals surface area contributed by atoms with Gasteiger partial charge in [-0.25, -0.2) is 26.3 Å². The van der Waals surface area contributed by atoms with Crippen LogP contribution in [0.15, 0.2) is 48.3 Å². The van der Waals surface area contributed by atoms with Crippen LogP contribution in [0.1, 0.15) is 12.8 Å². The lowest BCUT2D eigenvalue weighted by atomic mass is 10.2. The summed E-state index contributed by atoms with van der Waals surface area (Å²) in [6.07, 6.45) is 5.67. The number of hydrogen-bond donors (Lipinski definition) is 0. The van der Waals surface area contributed by atoms with Gasteiger partial charge in [0.2, 0.25) is 0 Å². The lowest BCUT2D eigenvalue weighted by molar-refractivity contribution is 0.259. The van der Waals surface area contributed by atoms with Crippen LogP contribution in [0.2, 0.25) is 0 Å². The molecule has 0 heterocycles. The normalized spacial score (nSPS) is 13.8. The zero-order chi connectivity index (χ0) is 21.2. The lowest BCUT2D eigenvalue weighted by Crippen LogP contribution is -2.07. The second-order valence-corrected chi connectivity index (χ2v) is 7.15. The largest absolute Gasteiger partial charge is 0.647 e. The Morgan fingerprint density at radius 1 is 0.690 bits per heavy atom. The van der Waals surface area contributed by atoms with E-state index in [1.165, 1.54) is 12.2 Å². The highest BCUT2D eigenvalue weighted by Gasteiger charge is 2.35. The molecule has 2 aromatic rings. The van der Waals surface area contributed by atoms with E-state index in [0.717, 1.165) is 0 Å². The third kappa shape index (κ3) is 4.95. The van der Waals surface area contributed by atoms with Crippen LogP contribution >= 0.6 is 7.82 Å². The van der Waals surface area contributed by atoms with Crippen molar-refractivity contribution in [2.24, 2.45) is 0 Å². The monoisotopic (exact) mass is 436 g/mol. The molecule has 29 heavy (non-hydrogen) atoms. The van der Waals surface area contributed by atoms with Crippen LogP contribution in [0.4, 0.5) is 26.3 Å². The highest BCUT2D eigenvalue weighted by Crippen LogP contribution is 2.52. The Bertz CT molecular complexity index is 943. The smallest absolute Gasteiger partial charge is 0.386 e. The molecule has 0 bridgehead atoms. The minimum atomic E-state index is -4.87. The molecule has 11 heteroatoms. The van der Waals surface area contributed by atoms with Crippen molar-refractivity contribution >= 4 is 7.82 Å². The second-order valence-electron chi connectivity index (χ2n) is 5.71. The van der Waals surface area contributed by atoms with Crippen molar-refractivity contribution in [1.82, 2.24) is 0 Å². The molecule has 0 aliphatic heterocycles. The summed E-state index contributed by atoms with van der Waals surface area (Å²) in [5, 5.41) is 0. The van der Waals surface area contributed by atoms with Crippen molar-refractivity contribution in [1.29, 1.82) is 0 Å². The minimum Gasteiger partial charge on any atom is -0.386 e. The van der Waals surface area contributed by atoms with Crippen LogP contribution < -0.4 is 9.05 Å². The fourth-order valence-electron chi connectivity index (χ4n) is 2.27. The van der Waals surface area contributed by atoms with Gasteiger partial charge in [0.05, 0.1) is 0 Å². The van der Waals surface area contributed by atoms with Gasteiger partial charge in [-0.3, -0.25) is 0 Å². The van der Waals surface area contributed by atoms with Gasteiger partial charge >= 0.3 is 7.82 Å². The summed E-state index contributed by atoms with van der Waals surface area (Å²) in [6.45, 7) is 0. The van der Waals surface area contributed by atoms with E-state index in [2.05, 4.69) is 0 Å². The van der Waals surface area contributed by atoms with E-state index < -0.39 is 54.2 Å². The molecular weight excluding hydrogens is 425 g/mol. The topological polar surface area (TPSA) is 44.8 Å². The SMILES string of the molecule is O=P(OC1=CCCC=C1)(Oc1cc(F)c(F)c(F)c1)Oc1cc(F)c(F)c(F)c1. The first kappa shape index (κ1) is 20.9. The molecule has 1 aliphatic rings. The first-order valence-corrected chi connectivity index (χ1v) is 9.47. The van der Waals surface area contributed by atoms with Crippen molar-refractivity contribution in [3.63, 3.8) is 0 Å². The molecule has 0 saturated carbocycles. The summed E-state index contributed by atoms with van der Waals surface area (Å²) >= 11 is 0. The number of allylic oxidation sites excluding steroid dienone is 3. The molecule has 154 valence electrons. The van der Waals surface area contributed by atoms with Crippen LogP contribution in [0.5, 0.6) is 11.5 Å². The number of rotatable bonds is 6. The summed E-state index contributed by atoms with van der Waals surface area (Å²) < 4.78 is 108. The molecule has 4 nitrogen and oxygen atoms in total. The summed E-state index contributed by atoms with van der Waals surface area (Å²) in [7, 11) is -4.87. The van der Waals surface area contributed by atoms with Crippen molar-refractivity contribution < 1.29 is 44.5 Å². The van der Waals surface area contributed by atoms with Gasteiger partial charge in [-0.05, 0) is 25.0 Å². The van der Waals surface area contributed by atoms with Crippen LogP contribution in [0.25, 0.3) is 0 Å². The Hall–Kier alpha value is -2.87. The van der Waals surface area contributed by atoms with Crippen LogP contribution in [-0.2, 0) is 9.09 Å². The highest BCUT2D eigenvalue weighted by atomic mass is 31.2. The second kappa shape index (κ2) is 8.24. The van der Waals surface area contributed by atoms with Gasteiger partial charge < -0.3 is 13.6 Å². The molecule has 0 atom stereocenters. The first-order valence-electron chi connectivity index (χ1n) is 8.01. The third-order valence-electron chi connectivity index (χ3n) is 3.53. The minimum absolute atomic E-state index is 0.0225. The van der Waals surface area contributed by atoms with Crippen molar-refractivity contribution in [3.8, 4) is 11.5 Å². The lowest BCUT2D eigenvalue weighted by Gasteiger charge is -2.21. The predicted octanol–water partition coefficient (Wildman–Crippen LogP) is 6.34. The van der Waals surface area contributed by atoms with Gasteiger partial charge in [-0.2, -0.15) is 4.57 Å². The molecule has 0 N–H and O–H groups in total. The van der Waals surface area contributed by atoms with E-state index in [9.17, 15) is 30.9 Å². The molecule has 2 aromatic carbocycles. The van der Waals surface area contributed by atoms with E-state index in [-0.39, 0.29) is 5.76 Å². The Morgan fingerprint density at radius 2 is 1.14 bits per heavy atom. The van der Waals surface area contributed by atoms with Gasteiger partial charge in [0.15, 0.2) is 34.9 Å². The molecule has 0 unspecified atom stereocenters. The average Bonchev–Trinajstić information content (AvgIpc) is 2.64. The van der Waals surface area contributed by atoms with E-state index in [4.69, 9.17) is 13.6 Å². The molecule has 0 saturated heterocycles. The van der Waals surface area contributed by atoms with Gasteiger partial charge in [-0.15, -0.1) is 0 Å². The van der Waals surface area contributed by atoms with Crippen molar-refractivity contribution in [2.45, 2.75) is 12.8 Å². The summed E-state index contributed by atoms with van der Waals surface area (Å²) in [6, 6.07) is 1.48. The maximum Gasteiger partial charge on any atom is 0.647 e. The van der Waals surface area contributed by atoms with Crippen molar-refractivity contribution in [2.75, 3.05) is 0 Å². The molecule has 1 aliphatic carbocycles. The van der Waals surface area contributed by atoms with Gasteiger partial charge in [0, 0.05) is 24.3 Å². The van der Waals surface area contributed by atoms with Gasteiger partial charge in [-0.1, -0.05) is 6.08 Å². The van der Waals surface area contributed by atoms with Crippen LogP contribution in [-0.4, -0.2) is 0 Å². The maximum atomic E-state index is 13.4. The summed E-state index contributed by atoms with van der Waals surface area (Å²) in [5.74, 6) is -11.8. The number of halogens is 6. The average molecular weight is 436 g/mol. The molecule has 0 radical (unpaired) electrons. The summed E-state index contributed by atoms with van der Waals surface area (Å²) in [4.78, 5) is 0. The Morgan fingerprint density at radius 3 is 1.52 bits per heavy atom. The Kier molecular flexibility index (Phi) is 5.93. The number of benzene rings is 2. The summed E-state index contributed by atoms with van der Waals surface area (Å²) in [5.41, 5.74) is 0. The molecule has 0 amide bonds. The molecule has 3 rings (SSSR count). The number of hydrogen-bond acceptors (Lipinski definition) is 4. The van der Waals surface area contributed by atoms with Crippen molar-refractivity contribution in [3.05, 3.63) is 83.2 Å². The zero-order valence-electron chi connectivity index (χ0n) is 14.3. The molecular formula is C18H11F6O4P. The highest BCUT2D eigenvalue weighted by molar-refractivity contribution is 7.49. The maximum absolute atomic E-state index is 13.4. The van der Waals surface area contributed by atoms with E-state index in [1.807, 2.05) is 0 Å². The fraction of sp³-hybridized carbons (Fsp3) is 0.111. The van der Waals surface area contributed by atoms with E-state index in [0.29, 0.717) is 37.1 Å². The predicted molar refractivity (Wildman–Crippen MR) is 89.0 cm³/mol. The van der Waals surface area contributed by atoms with Gasteiger partial charge in [0.25, 0.3) is 0 Å². The van der Waals surface area contributed by atoms with E-state index >= 15 is 0 Å². The molecule has 0 aromatic heterocycles. The fourth-order valence-corrected chi connectivity index (χ4v) is 3.50. The third-order valence-corrected chi connectivity index (χ3v) is 4.83. The number of phosphoric ester groups is 1. The first-order chi connectivity index (χ1) is 13.7. The number of phosphoric acid groups is 1. The van der Waals surface area contributed by atoms with Gasteiger partial charge in [0.1, 0.15) is 17.3 Å². The standard InChI is InChI=1S/C18H11F6O4P/c19-13-6-11(7-14(20)17(13)23)27-29(25,26-10-4-2-1-3-5-10)28-12-8-15(21)18(24)16(22)9-12/h2,4-9H,1,3H2. The van der Waals surface area contributed by atoms with Crippen LogP contribution in [0.3, 0.4) is 0 Å². The van der Waals surface area contributed by atoms with E-state index in [1.54, 1.807) is 6.08 Å². The molecule has 0 fully saturated rings. The van der Waals surface area contributed by atoms with Crippen LogP contribution in [0, 0.1) is 34.9 Å². The Balaban J connectivity index is 1.96. The Labute approximate surface area is 160 Å². The zero-order valence-corrected chi connectivity index (χ0v) is 15.2. The molecule has 0 spiro atoms.